The Morgan fingerprint density at radius 1 is 1.44 bits per heavy atom. The first kappa shape index (κ1) is 10.8. The number of carbonyl (C=O) groups is 1. The van der Waals surface area contributed by atoms with Crippen molar-refractivity contribution in [3.05, 3.63) is 41.2 Å². The largest absolute Gasteiger partial charge is 0.348 e. The Hall–Kier alpha value is -1.68. The van der Waals surface area contributed by atoms with Crippen LogP contribution in [-0.2, 0) is 11.3 Å². The summed E-state index contributed by atoms with van der Waals surface area (Å²) in [5, 5.41) is 6.02. The molecule has 1 aromatic rings. The summed E-state index contributed by atoms with van der Waals surface area (Å²) in [6, 6.07) is 3.79. The first-order valence-electron chi connectivity index (χ1n) is 5.34. The maximum Gasteiger partial charge on any atom is 0.247 e. The van der Waals surface area contributed by atoms with Crippen LogP contribution in [0.2, 0.25) is 0 Å². The Kier molecular flexibility index (Phi) is 3.31. The van der Waals surface area contributed by atoms with Crippen molar-refractivity contribution in [2.24, 2.45) is 0 Å². The number of rotatable bonds is 3. The van der Waals surface area contributed by atoms with Gasteiger partial charge in [0.2, 0.25) is 5.91 Å². The van der Waals surface area contributed by atoms with Gasteiger partial charge in [-0.05, 0) is 30.2 Å². The fourth-order valence-electron chi connectivity index (χ4n) is 1.49. The van der Waals surface area contributed by atoms with Gasteiger partial charge in [-0.15, -0.1) is 0 Å². The molecule has 0 aromatic carbocycles. The van der Waals surface area contributed by atoms with Crippen molar-refractivity contribution in [2.45, 2.75) is 13.5 Å². The number of nitrogens with one attached hydrogen (secondary N) is 2. The molecular formula is C12H15N3O. The second-order valence-corrected chi connectivity index (χ2v) is 3.87. The van der Waals surface area contributed by atoms with Gasteiger partial charge >= 0.3 is 0 Å². The fraction of sp³-hybridized carbons (Fsp3) is 0.333. The molecule has 2 heterocycles. The van der Waals surface area contributed by atoms with E-state index in [1.807, 2.05) is 19.1 Å². The molecule has 16 heavy (non-hydrogen) atoms. The summed E-state index contributed by atoms with van der Waals surface area (Å²) in [4.78, 5) is 15.7. The quantitative estimate of drug-likeness (QED) is 0.730. The minimum Gasteiger partial charge on any atom is -0.348 e. The molecule has 4 nitrogen and oxygen atoms in total. The second kappa shape index (κ2) is 4.90. The molecule has 4 heteroatoms. The van der Waals surface area contributed by atoms with Gasteiger partial charge in [-0.2, -0.15) is 0 Å². The summed E-state index contributed by atoms with van der Waals surface area (Å²) in [6.07, 6.45) is 3.45. The highest BCUT2D eigenvalue weighted by Crippen LogP contribution is 2.08. The molecule has 1 aliphatic heterocycles. The van der Waals surface area contributed by atoms with E-state index in [2.05, 4.69) is 15.6 Å². The van der Waals surface area contributed by atoms with Crippen LogP contribution in [0.5, 0.6) is 0 Å². The van der Waals surface area contributed by atoms with Gasteiger partial charge < -0.3 is 10.6 Å². The van der Waals surface area contributed by atoms with Crippen molar-refractivity contribution in [2.75, 3.05) is 13.1 Å². The Balaban J connectivity index is 1.89. The van der Waals surface area contributed by atoms with E-state index in [0.29, 0.717) is 6.54 Å². The van der Waals surface area contributed by atoms with E-state index < -0.39 is 0 Å². The molecule has 84 valence electrons. The lowest BCUT2D eigenvalue weighted by Gasteiger charge is -2.21. The van der Waals surface area contributed by atoms with Crippen molar-refractivity contribution >= 4 is 5.91 Å². The molecular weight excluding hydrogens is 202 g/mol. The Labute approximate surface area is 94.8 Å². The zero-order valence-corrected chi connectivity index (χ0v) is 9.29. The van der Waals surface area contributed by atoms with Gasteiger partial charge in [0, 0.05) is 37.6 Å². The van der Waals surface area contributed by atoms with Crippen LogP contribution in [0.25, 0.3) is 0 Å². The van der Waals surface area contributed by atoms with E-state index >= 15 is 0 Å². The Bertz CT molecular complexity index is 406. The Morgan fingerprint density at radius 3 is 2.69 bits per heavy atom. The van der Waals surface area contributed by atoms with Crippen molar-refractivity contribution in [3.8, 4) is 0 Å². The van der Waals surface area contributed by atoms with Crippen LogP contribution in [0.1, 0.15) is 12.5 Å². The first-order valence-corrected chi connectivity index (χ1v) is 5.34. The fourth-order valence-corrected chi connectivity index (χ4v) is 1.49. The molecule has 0 atom stereocenters. The van der Waals surface area contributed by atoms with E-state index in [4.69, 9.17) is 0 Å². The van der Waals surface area contributed by atoms with Gasteiger partial charge in [0.05, 0.1) is 0 Å². The molecule has 1 aromatic heterocycles. The molecule has 1 fully saturated rings. The highest BCUT2D eigenvalue weighted by molar-refractivity contribution is 5.93. The molecule has 1 aliphatic rings. The van der Waals surface area contributed by atoms with E-state index in [1.165, 1.54) is 5.57 Å². The van der Waals surface area contributed by atoms with Crippen molar-refractivity contribution in [1.29, 1.82) is 0 Å². The summed E-state index contributed by atoms with van der Waals surface area (Å²) >= 11 is 0. The predicted octanol–water partition coefficient (Wildman–Crippen LogP) is 0.617. The third-order valence-electron chi connectivity index (χ3n) is 2.75. The van der Waals surface area contributed by atoms with E-state index in [-0.39, 0.29) is 5.91 Å². The van der Waals surface area contributed by atoms with Gasteiger partial charge in [-0.3, -0.25) is 9.78 Å². The number of aromatic nitrogens is 1. The summed E-state index contributed by atoms with van der Waals surface area (Å²) < 4.78 is 0. The van der Waals surface area contributed by atoms with Gasteiger partial charge in [0.25, 0.3) is 0 Å². The molecule has 1 saturated heterocycles. The molecule has 0 spiro atoms. The normalized spacial score (nSPS) is 14.2. The first-order chi connectivity index (χ1) is 7.77. The minimum absolute atomic E-state index is 0.0216. The highest BCUT2D eigenvalue weighted by Gasteiger charge is 2.15. The lowest BCUT2D eigenvalue weighted by molar-refractivity contribution is -0.117. The molecule has 1 amide bonds. The number of carbonyl (C=O) groups excluding carboxylic acids is 1. The topological polar surface area (TPSA) is 54.0 Å². The summed E-state index contributed by atoms with van der Waals surface area (Å²) in [5.41, 5.74) is 3.10. The average molecular weight is 217 g/mol. The van der Waals surface area contributed by atoms with Crippen LogP contribution in [0, 0.1) is 0 Å². The SMILES string of the molecule is CC(C(=O)NCc1ccncc1)=C1CNC1. The van der Waals surface area contributed by atoms with Crippen molar-refractivity contribution in [3.63, 3.8) is 0 Å². The number of pyridine rings is 1. The Morgan fingerprint density at radius 2 is 2.12 bits per heavy atom. The molecule has 0 saturated carbocycles. The zero-order valence-electron chi connectivity index (χ0n) is 9.29. The van der Waals surface area contributed by atoms with Crippen LogP contribution < -0.4 is 10.6 Å². The van der Waals surface area contributed by atoms with E-state index in [0.717, 1.165) is 24.2 Å². The molecule has 0 bridgehead atoms. The van der Waals surface area contributed by atoms with Crippen LogP contribution in [0.3, 0.4) is 0 Å². The summed E-state index contributed by atoms with van der Waals surface area (Å²) in [7, 11) is 0. The maximum atomic E-state index is 11.7. The van der Waals surface area contributed by atoms with Crippen molar-refractivity contribution < 1.29 is 4.79 Å². The van der Waals surface area contributed by atoms with E-state index in [1.54, 1.807) is 12.4 Å². The van der Waals surface area contributed by atoms with E-state index in [9.17, 15) is 4.79 Å². The maximum absolute atomic E-state index is 11.7. The second-order valence-electron chi connectivity index (χ2n) is 3.87. The van der Waals surface area contributed by atoms with Crippen LogP contribution in [-0.4, -0.2) is 24.0 Å². The molecule has 0 aliphatic carbocycles. The summed E-state index contributed by atoms with van der Waals surface area (Å²) in [6.45, 7) is 4.11. The third kappa shape index (κ3) is 2.46. The molecule has 0 unspecified atom stereocenters. The van der Waals surface area contributed by atoms with Crippen LogP contribution in [0.15, 0.2) is 35.7 Å². The minimum atomic E-state index is 0.0216. The molecule has 2 rings (SSSR count). The van der Waals surface area contributed by atoms with Crippen molar-refractivity contribution in [1.82, 2.24) is 15.6 Å². The molecule has 2 N–H and O–H groups in total. The van der Waals surface area contributed by atoms with Crippen LogP contribution in [0.4, 0.5) is 0 Å². The number of nitrogens with zero attached hydrogens (tertiary/aromatic N) is 1. The zero-order chi connectivity index (χ0) is 11.4. The average Bonchev–Trinajstić information content (AvgIpc) is 2.25. The predicted molar refractivity (Wildman–Crippen MR) is 61.7 cm³/mol. The lowest BCUT2D eigenvalue weighted by atomic mass is 10.0. The number of hydrogen-bond donors (Lipinski definition) is 2. The monoisotopic (exact) mass is 217 g/mol. The number of hydrogen-bond acceptors (Lipinski definition) is 3. The lowest BCUT2D eigenvalue weighted by Crippen LogP contribution is -2.37. The summed E-state index contributed by atoms with van der Waals surface area (Å²) in [5.74, 6) is 0.0216. The van der Waals surface area contributed by atoms with Gasteiger partial charge in [0.15, 0.2) is 0 Å². The third-order valence-corrected chi connectivity index (χ3v) is 2.75. The number of amides is 1. The standard InChI is InChI=1S/C12H15N3O/c1-9(11-7-14-8-11)12(16)15-6-10-2-4-13-5-3-10/h2-5,14H,6-8H2,1H3,(H,15,16). The smallest absolute Gasteiger partial charge is 0.247 e. The van der Waals surface area contributed by atoms with Gasteiger partial charge in [0.1, 0.15) is 0 Å². The van der Waals surface area contributed by atoms with Gasteiger partial charge in [-0.25, -0.2) is 0 Å². The van der Waals surface area contributed by atoms with Gasteiger partial charge in [-0.1, -0.05) is 0 Å². The highest BCUT2D eigenvalue weighted by atomic mass is 16.1. The van der Waals surface area contributed by atoms with Crippen LogP contribution >= 0.6 is 0 Å². The molecule has 0 radical (unpaired) electrons.